The van der Waals surface area contributed by atoms with E-state index in [0.717, 1.165) is 39.3 Å². The van der Waals surface area contributed by atoms with Crippen molar-refractivity contribution in [3.8, 4) is 0 Å². The molecule has 1 atom stereocenters. The smallest absolute Gasteiger partial charge is 0.267 e. The Morgan fingerprint density at radius 3 is 2.96 bits per heavy atom. The van der Waals surface area contributed by atoms with Crippen LogP contribution in [0.3, 0.4) is 0 Å². The van der Waals surface area contributed by atoms with E-state index >= 15 is 0 Å². The Labute approximate surface area is 147 Å². The van der Waals surface area contributed by atoms with Crippen LogP contribution in [0.15, 0.2) is 29.4 Å². The lowest BCUT2D eigenvalue weighted by Crippen LogP contribution is -2.45. The molecule has 3 rings (SSSR count). The Morgan fingerprint density at radius 1 is 1.40 bits per heavy atom. The second-order valence-corrected chi connectivity index (χ2v) is 6.61. The van der Waals surface area contributed by atoms with Crippen LogP contribution in [0, 0.1) is 5.82 Å². The van der Waals surface area contributed by atoms with Crippen LogP contribution in [-0.4, -0.2) is 61.5 Å². The van der Waals surface area contributed by atoms with Crippen LogP contribution in [0.25, 0.3) is 0 Å². The zero-order valence-electron chi connectivity index (χ0n) is 14.5. The molecule has 0 aliphatic carbocycles. The van der Waals surface area contributed by atoms with Gasteiger partial charge in [-0.25, -0.2) is 4.39 Å². The highest BCUT2D eigenvalue weighted by Crippen LogP contribution is 2.27. The van der Waals surface area contributed by atoms with Gasteiger partial charge in [0.1, 0.15) is 5.82 Å². The second-order valence-electron chi connectivity index (χ2n) is 6.61. The number of amides is 1. The van der Waals surface area contributed by atoms with Crippen LogP contribution in [-0.2, 0) is 14.4 Å². The molecule has 2 aliphatic rings. The van der Waals surface area contributed by atoms with Gasteiger partial charge in [0.15, 0.2) is 0 Å². The molecule has 1 amide bonds. The summed E-state index contributed by atoms with van der Waals surface area (Å²) >= 11 is 0. The normalized spacial score (nSPS) is 23.8. The monoisotopic (exact) mass is 349 g/mol. The van der Waals surface area contributed by atoms with Gasteiger partial charge in [0, 0.05) is 31.6 Å². The van der Waals surface area contributed by atoms with Crippen LogP contribution in [0.1, 0.15) is 25.3 Å². The van der Waals surface area contributed by atoms with Crippen molar-refractivity contribution in [2.24, 2.45) is 5.16 Å². The van der Waals surface area contributed by atoms with Gasteiger partial charge >= 0.3 is 0 Å². The minimum Gasteiger partial charge on any atom is -0.379 e. The number of carbonyl (C=O) groups is 1. The van der Waals surface area contributed by atoms with Gasteiger partial charge in [-0.3, -0.25) is 9.69 Å². The number of hydrogen-bond acceptors (Lipinski definition) is 5. The number of carbonyl (C=O) groups excluding carboxylic acids is 1. The largest absolute Gasteiger partial charge is 0.379 e. The SMILES string of the molecule is CC1(C(=O)NCCCN2CCOCC2)CC(c2cccc(F)c2)=NO1. The van der Waals surface area contributed by atoms with Crippen molar-refractivity contribution in [2.75, 3.05) is 39.4 Å². The lowest BCUT2D eigenvalue weighted by atomic mass is 9.95. The van der Waals surface area contributed by atoms with Crippen molar-refractivity contribution in [3.05, 3.63) is 35.6 Å². The van der Waals surface area contributed by atoms with Crippen LogP contribution in [0.5, 0.6) is 0 Å². The quantitative estimate of drug-likeness (QED) is 0.792. The number of halogens is 1. The molecule has 25 heavy (non-hydrogen) atoms. The van der Waals surface area contributed by atoms with Crippen LogP contribution in [0.2, 0.25) is 0 Å². The number of hydrogen-bond donors (Lipinski definition) is 1. The summed E-state index contributed by atoms with van der Waals surface area (Å²) in [6.07, 6.45) is 1.20. The fourth-order valence-corrected chi connectivity index (χ4v) is 3.00. The van der Waals surface area contributed by atoms with E-state index in [1.165, 1.54) is 12.1 Å². The van der Waals surface area contributed by atoms with E-state index in [1.807, 2.05) is 0 Å². The van der Waals surface area contributed by atoms with Crippen molar-refractivity contribution in [1.82, 2.24) is 10.2 Å². The van der Waals surface area contributed by atoms with Gasteiger partial charge in [0.05, 0.1) is 18.9 Å². The molecule has 1 N–H and O–H groups in total. The first-order chi connectivity index (χ1) is 12.1. The summed E-state index contributed by atoms with van der Waals surface area (Å²) in [5.41, 5.74) is 0.190. The average Bonchev–Trinajstić information content (AvgIpc) is 3.03. The van der Waals surface area contributed by atoms with E-state index in [9.17, 15) is 9.18 Å². The van der Waals surface area contributed by atoms with Crippen molar-refractivity contribution in [2.45, 2.75) is 25.4 Å². The number of nitrogens with zero attached hydrogens (tertiary/aromatic N) is 2. The molecule has 136 valence electrons. The van der Waals surface area contributed by atoms with Crippen molar-refractivity contribution < 1.29 is 18.8 Å². The maximum atomic E-state index is 13.3. The van der Waals surface area contributed by atoms with E-state index in [4.69, 9.17) is 9.57 Å². The Hall–Kier alpha value is -1.99. The van der Waals surface area contributed by atoms with Crippen LogP contribution >= 0.6 is 0 Å². The third-order valence-corrected chi connectivity index (χ3v) is 4.54. The molecule has 1 fully saturated rings. The third-order valence-electron chi connectivity index (χ3n) is 4.54. The van der Waals surface area contributed by atoms with E-state index in [1.54, 1.807) is 19.1 Å². The average molecular weight is 349 g/mol. The lowest BCUT2D eigenvalue weighted by Gasteiger charge is -2.26. The van der Waals surface area contributed by atoms with Gasteiger partial charge in [-0.15, -0.1) is 0 Å². The molecule has 6 nitrogen and oxygen atoms in total. The highest BCUT2D eigenvalue weighted by atomic mass is 19.1. The second kappa shape index (κ2) is 7.93. The summed E-state index contributed by atoms with van der Waals surface area (Å²) in [5, 5.41) is 6.91. The summed E-state index contributed by atoms with van der Waals surface area (Å²) in [4.78, 5) is 20.2. The lowest BCUT2D eigenvalue weighted by molar-refractivity contribution is -0.141. The van der Waals surface area contributed by atoms with Crippen LogP contribution < -0.4 is 5.32 Å². The Morgan fingerprint density at radius 2 is 2.20 bits per heavy atom. The zero-order chi connectivity index (χ0) is 17.7. The first kappa shape index (κ1) is 17.8. The predicted octanol–water partition coefficient (Wildman–Crippen LogP) is 1.55. The summed E-state index contributed by atoms with van der Waals surface area (Å²) in [7, 11) is 0. The minimum absolute atomic E-state index is 0.190. The molecule has 0 spiro atoms. The maximum Gasteiger partial charge on any atom is 0.267 e. The highest BCUT2D eigenvalue weighted by molar-refractivity contribution is 6.05. The maximum absolute atomic E-state index is 13.3. The van der Waals surface area contributed by atoms with E-state index in [0.29, 0.717) is 24.2 Å². The number of morpholine rings is 1. The van der Waals surface area contributed by atoms with E-state index < -0.39 is 5.60 Å². The van der Waals surface area contributed by atoms with Crippen molar-refractivity contribution >= 4 is 11.6 Å². The molecule has 0 saturated carbocycles. The summed E-state index contributed by atoms with van der Waals surface area (Å²) in [6, 6.07) is 6.15. The predicted molar refractivity (Wildman–Crippen MR) is 91.9 cm³/mol. The summed E-state index contributed by atoms with van der Waals surface area (Å²) in [5.74, 6) is -0.522. The summed E-state index contributed by atoms with van der Waals surface area (Å²) in [6.45, 7) is 6.67. The van der Waals surface area contributed by atoms with E-state index in [-0.39, 0.29) is 11.7 Å². The molecule has 0 radical (unpaired) electrons. The molecule has 0 aromatic heterocycles. The molecular formula is C18H24FN3O3. The minimum atomic E-state index is -1.04. The molecule has 1 aromatic rings. The van der Waals surface area contributed by atoms with Gasteiger partial charge < -0.3 is 14.9 Å². The molecule has 1 aromatic carbocycles. The zero-order valence-corrected chi connectivity index (χ0v) is 14.5. The number of oxime groups is 1. The Kier molecular flexibility index (Phi) is 5.65. The summed E-state index contributed by atoms with van der Waals surface area (Å²) < 4.78 is 18.7. The Bertz CT molecular complexity index is 646. The van der Waals surface area contributed by atoms with Crippen LogP contribution in [0.4, 0.5) is 4.39 Å². The fourth-order valence-electron chi connectivity index (χ4n) is 3.00. The number of rotatable bonds is 6. The third kappa shape index (κ3) is 4.55. The molecule has 2 heterocycles. The van der Waals surface area contributed by atoms with E-state index in [2.05, 4.69) is 15.4 Å². The first-order valence-electron chi connectivity index (χ1n) is 8.66. The van der Waals surface area contributed by atoms with Gasteiger partial charge in [-0.2, -0.15) is 0 Å². The highest BCUT2D eigenvalue weighted by Gasteiger charge is 2.42. The molecule has 7 heteroatoms. The number of benzene rings is 1. The van der Waals surface area contributed by atoms with Gasteiger partial charge in [-0.05, 0) is 32.0 Å². The van der Waals surface area contributed by atoms with Gasteiger partial charge in [-0.1, -0.05) is 17.3 Å². The topological polar surface area (TPSA) is 63.2 Å². The number of nitrogens with one attached hydrogen (secondary N) is 1. The standard InChI is InChI=1S/C18H24FN3O3/c1-18(13-16(21-25-18)14-4-2-5-15(19)12-14)17(23)20-6-3-7-22-8-10-24-11-9-22/h2,4-5,12H,3,6-11,13H2,1H3,(H,20,23). The molecule has 0 bridgehead atoms. The van der Waals surface area contributed by atoms with Crippen molar-refractivity contribution in [1.29, 1.82) is 0 Å². The molecule has 2 aliphatic heterocycles. The molecular weight excluding hydrogens is 325 g/mol. The first-order valence-corrected chi connectivity index (χ1v) is 8.66. The fraction of sp³-hybridized carbons (Fsp3) is 0.556. The van der Waals surface area contributed by atoms with Gasteiger partial charge in [0.2, 0.25) is 5.60 Å². The van der Waals surface area contributed by atoms with Gasteiger partial charge in [0.25, 0.3) is 5.91 Å². The molecule has 1 unspecified atom stereocenters. The number of ether oxygens (including phenoxy) is 1. The Balaban J connectivity index is 1.44. The van der Waals surface area contributed by atoms with Crippen molar-refractivity contribution in [3.63, 3.8) is 0 Å². The molecule has 1 saturated heterocycles.